The fourth-order valence-electron chi connectivity index (χ4n) is 2.14. The number of methoxy groups -OCH3 is 1. The van der Waals surface area contributed by atoms with Crippen molar-refractivity contribution < 1.29 is 9.53 Å². The lowest BCUT2D eigenvalue weighted by Crippen LogP contribution is -2.38. The van der Waals surface area contributed by atoms with E-state index in [1.165, 1.54) is 0 Å². The van der Waals surface area contributed by atoms with Gasteiger partial charge in [-0.2, -0.15) is 5.10 Å². The second-order valence-corrected chi connectivity index (χ2v) is 4.15. The first-order chi connectivity index (χ1) is 8.06. The summed E-state index contributed by atoms with van der Waals surface area (Å²) in [5.41, 5.74) is 1.43. The zero-order valence-corrected chi connectivity index (χ0v) is 11.2. The van der Waals surface area contributed by atoms with Crippen molar-refractivity contribution in [3.63, 3.8) is 0 Å². The molecule has 1 atom stereocenters. The molecular formula is C12H21N3O2. The molecule has 0 aliphatic carbocycles. The first-order valence-electron chi connectivity index (χ1n) is 5.81. The average Bonchev–Trinajstić information content (AvgIpc) is 2.55. The van der Waals surface area contributed by atoms with Gasteiger partial charge in [-0.3, -0.25) is 9.48 Å². The lowest BCUT2D eigenvalue weighted by Gasteiger charge is -2.29. The van der Waals surface area contributed by atoms with Crippen LogP contribution in [0.15, 0.2) is 0 Å². The van der Waals surface area contributed by atoms with Gasteiger partial charge in [0, 0.05) is 20.7 Å². The Labute approximate surface area is 102 Å². The third kappa shape index (κ3) is 2.66. The van der Waals surface area contributed by atoms with Gasteiger partial charge >= 0.3 is 0 Å². The molecule has 0 aliphatic rings. The maximum atomic E-state index is 11.2. The summed E-state index contributed by atoms with van der Waals surface area (Å²) in [6, 6.07) is 0.207. The van der Waals surface area contributed by atoms with E-state index in [1.54, 1.807) is 11.8 Å². The van der Waals surface area contributed by atoms with Crippen molar-refractivity contribution in [2.45, 2.75) is 26.8 Å². The molecule has 0 fully saturated rings. The molecule has 5 heteroatoms. The summed E-state index contributed by atoms with van der Waals surface area (Å²) in [5.74, 6) is 0.865. The molecule has 17 heavy (non-hydrogen) atoms. The maximum Gasteiger partial charge on any atom is 0.155 e. The molecule has 96 valence electrons. The number of carbonyl (C=O) groups is 1. The highest BCUT2D eigenvalue weighted by Crippen LogP contribution is 2.23. The van der Waals surface area contributed by atoms with Crippen LogP contribution in [0.2, 0.25) is 0 Å². The van der Waals surface area contributed by atoms with Crippen LogP contribution in [0, 0.1) is 6.92 Å². The van der Waals surface area contributed by atoms with E-state index < -0.39 is 0 Å². The Morgan fingerprint density at radius 3 is 2.71 bits per heavy atom. The van der Waals surface area contributed by atoms with Crippen molar-refractivity contribution in [1.82, 2.24) is 9.78 Å². The van der Waals surface area contributed by atoms with Gasteiger partial charge in [0.1, 0.15) is 5.82 Å². The van der Waals surface area contributed by atoms with Gasteiger partial charge < -0.3 is 9.64 Å². The van der Waals surface area contributed by atoms with E-state index in [2.05, 4.69) is 23.8 Å². The first-order valence-corrected chi connectivity index (χ1v) is 5.81. The second kappa shape index (κ2) is 5.82. The van der Waals surface area contributed by atoms with Gasteiger partial charge in [-0.05, 0) is 20.8 Å². The molecule has 0 aliphatic heterocycles. The Hall–Kier alpha value is -1.36. The topological polar surface area (TPSA) is 47.4 Å². The molecule has 5 nitrogen and oxygen atoms in total. The molecule has 1 heterocycles. The Morgan fingerprint density at radius 1 is 1.59 bits per heavy atom. The van der Waals surface area contributed by atoms with Crippen LogP contribution in [0.1, 0.15) is 29.9 Å². The van der Waals surface area contributed by atoms with Crippen molar-refractivity contribution in [2.24, 2.45) is 7.05 Å². The van der Waals surface area contributed by atoms with Crippen LogP contribution in [0.25, 0.3) is 0 Å². The summed E-state index contributed by atoms with van der Waals surface area (Å²) in [7, 11) is 3.54. The van der Waals surface area contributed by atoms with Crippen molar-refractivity contribution in [2.75, 3.05) is 25.2 Å². The summed E-state index contributed by atoms with van der Waals surface area (Å²) in [6.45, 7) is 7.41. The van der Waals surface area contributed by atoms with Crippen LogP contribution in [0.3, 0.4) is 0 Å². The number of anilines is 1. The van der Waals surface area contributed by atoms with Crippen molar-refractivity contribution in [3.8, 4) is 0 Å². The highest BCUT2D eigenvalue weighted by molar-refractivity contribution is 5.84. The minimum atomic E-state index is 0.207. The summed E-state index contributed by atoms with van der Waals surface area (Å²) in [5, 5.41) is 4.30. The predicted octanol–water partition coefficient (Wildman–Crippen LogP) is 1.40. The van der Waals surface area contributed by atoms with E-state index >= 15 is 0 Å². The molecule has 0 N–H and O–H groups in total. The molecule has 0 spiro atoms. The highest BCUT2D eigenvalue weighted by Gasteiger charge is 2.21. The van der Waals surface area contributed by atoms with E-state index in [0.717, 1.165) is 24.3 Å². The summed E-state index contributed by atoms with van der Waals surface area (Å²) >= 11 is 0. The molecule has 0 radical (unpaired) electrons. The third-order valence-electron chi connectivity index (χ3n) is 2.91. The Morgan fingerprint density at radius 2 is 2.24 bits per heavy atom. The molecule has 1 unspecified atom stereocenters. The first kappa shape index (κ1) is 13.7. The van der Waals surface area contributed by atoms with Crippen molar-refractivity contribution >= 4 is 12.1 Å². The Bertz CT molecular complexity index is 387. The van der Waals surface area contributed by atoms with Gasteiger partial charge in [-0.25, -0.2) is 0 Å². The number of carbonyl (C=O) groups excluding carboxylic acids is 1. The number of hydrogen-bond donors (Lipinski definition) is 0. The smallest absolute Gasteiger partial charge is 0.155 e. The molecule has 1 rings (SSSR count). The number of ether oxygens (including phenoxy) is 1. The van der Waals surface area contributed by atoms with Gasteiger partial charge in [0.2, 0.25) is 0 Å². The van der Waals surface area contributed by atoms with Gasteiger partial charge in [-0.1, -0.05) is 0 Å². The number of aromatic nitrogens is 2. The van der Waals surface area contributed by atoms with Crippen LogP contribution < -0.4 is 4.90 Å². The third-order valence-corrected chi connectivity index (χ3v) is 2.91. The van der Waals surface area contributed by atoms with Crippen molar-refractivity contribution in [1.29, 1.82) is 0 Å². The number of likely N-dealkylation sites (N-methyl/N-ethyl adjacent to an activating group) is 1. The normalized spacial score (nSPS) is 12.5. The van der Waals surface area contributed by atoms with E-state index in [9.17, 15) is 4.79 Å². The summed E-state index contributed by atoms with van der Waals surface area (Å²) in [4.78, 5) is 13.3. The van der Waals surface area contributed by atoms with Crippen LogP contribution in [-0.4, -0.2) is 42.4 Å². The predicted molar refractivity (Wildman–Crippen MR) is 67.7 cm³/mol. The number of aryl methyl sites for hydroxylation is 2. The minimum absolute atomic E-state index is 0.207. The van der Waals surface area contributed by atoms with Crippen LogP contribution >= 0.6 is 0 Å². The number of nitrogens with zero attached hydrogens (tertiary/aromatic N) is 3. The number of aldehydes is 1. The summed E-state index contributed by atoms with van der Waals surface area (Å²) < 4.78 is 6.93. The fourth-order valence-corrected chi connectivity index (χ4v) is 2.14. The lowest BCUT2D eigenvalue weighted by atomic mass is 10.2. The maximum absolute atomic E-state index is 11.2. The Balaban J connectivity index is 3.15. The molecule has 0 saturated carbocycles. The highest BCUT2D eigenvalue weighted by atomic mass is 16.5. The van der Waals surface area contributed by atoms with Gasteiger partial charge in [0.05, 0.1) is 23.9 Å². The molecule has 0 bridgehead atoms. The Kier molecular flexibility index (Phi) is 4.69. The lowest BCUT2D eigenvalue weighted by molar-refractivity contribution is 0.112. The fraction of sp³-hybridized carbons (Fsp3) is 0.667. The van der Waals surface area contributed by atoms with Gasteiger partial charge in [0.15, 0.2) is 6.29 Å². The molecular weight excluding hydrogens is 218 g/mol. The molecule has 0 aromatic carbocycles. The monoisotopic (exact) mass is 239 g/mol. The molecule has 1 aromatic rings. The average molecular weight is 239 g/mol. The quantitative estimate of drug-likeness (QED) is 0.704. The van der Waals surface area contributed by atoms with Gasteiger partial charge in [-0.15, -0.1) is 0 Å². The standard InChI is InChI=1S/C12H21N3O2/c1-6-15(9(2)8-17-5)12-11(7-16)10(3)13-14(12)4/h7,9H,6,8H2,1-5H3. The van der Waals surface area contributed by atoms with Crippen molar-refractivity contribution in [3.05, 3.63) is 11.3 Å². The van der Waals surface area contributed by atoms with Crippen LogP contribution in [-0.2, 0) is 11.8 Å². The molecule has 1 aromatic heterocycles. The largest absolute Gasteiger partial charge is 0.383 e. The zero-order chi connectivity index (χ0) is 13.0. The molecule has 0 amide bonds. The number of hydrogen-bond acceptors (Lipinski definition) is 4. The van der Waals surface area contributed by atoms with Crippen LogP contribution in [0.4, 0.5) is 5.82 Å². The van der Waals surface area contributed by atoms with Gasteiger partial charge in [0.25, 0.3) is 0 Å². The van der Waals surface area contributed by atoms with E-state index in [1.807, 2.05) is 14.0 Å². The van der Waals surface area contributed by atoms with E-state index in [0.29, 0.717) is 12.2 Å². The number of rotatable bonds is 6. The summed E-state index contributed by atoms with van der Waals surface area (Å²) in [6.07, 6.45) is 0.875. The van der Waals surface area contributed by atoms with E-state index in [-0.39, 0.29) is 6.04 Å². The zero-order valence-electron chi connectivity index (χ0n) is 11.2. The van der Waals surface area contributed by atoms with Crippen LogP contribution in [0.5, 0.6) is 0 Å². The van der Waals surface area contributed by atoms with E-state index in [4.69, 9.17) is 4.74 Å². The SMILES string of the molecule is CCN(c1c(C=O)c(C)nn1C)C(C)COC. The second-order valence-electron chi connectivity index (χ2n) is 4.15. The molecule has 0 saturated heterocycles. The minimum Gasteiger partial charge on any atom is -0.383 e.